The molecule has 88 valence electrons. The van der Waals surface area contributed by atoms with Crippen LogP contribution in [0.5, 0.6) is 5.75 Å². The van der Waals surface area contributed by atoms with Gasteiger partial charge in [-0.15, -0.1) is 0 Å². The average molecular weight is 285 g/mol. The lowest BCUT2D eigenvalue weighted by Crippen LogP contribution is -1.97. The van der Waals surface area contributed by atoms with Crippen molar-refractivity contribution >= 4 is 22.2 Å². The monoisotopic (exact) mass is 284 g/mol. The first-order valence-electron chi connectivity index (χ1n) is 5.47. The van der Waals surface area contributed by atoms with E-state index >= 15 is 0 Å². The molecule has 2 nitrogen and oxygen atoms in total. The summed E-state index contributed by atoms with van der Waals surface area (Å²) in [7, 11) is 0. The van der Waals surface area contributed by atoms with Crippen LogP contribution in [0.2, 0.25) is 0 Å². The highest BCUT2D eigenvalue weighted by molar-refractivity contribution is 9.09. The van der Waals surface area contributed by atoms with E-state index < -0.39 is 0 Å². The summed E-state index contributed by atoms with van der Waals surface area (Å²) in [5.74, 6) is 0.357. The molecule has 1 rings (SSSR count). The number of rotatable bonds is 5. The molecule has 0 aliphatic rings. The van der Waals surface area contributed by atoms with Crippen LogP contribution in [0.1, 0.15) is 47.7 Å². The molecule has 0 spiro atoms. The molecular formula is C13H17BrO2. The number of benzene rings is 1. The third-order valence-electron chi connectivity index (χ3n) is 2.58. The minimum atomic E-state index is 0.132. The van der Waals surface area contributed by atoms with Crippen LogP contribution in [0.3, 0.4) is 0 Å². The van der Waals surface area contributed by atoms with Gasteiger partial charge in [0.25, 0.3) is 0 Å². The van der Waals surface area contributed by atoms with Crippen molar-refractivity contribution in [3.8, 4) is 5.75 Å². The van der Waals surface area contributed by atoms with Crippen LogP contribution < -0.4 is 0 Å². The number of aromatic hydroxyl groups is 1. The van der Waals surface area contributed by atoms with E-state index in [1.807, 2.05) is 19.9 Å². The van der Waals surface area contributed by atoms with E-state index in [4.69, 9.17) is 0 Å². The maximum absolute atomic E-state index is 10.9. The summed E-state index contributed by atoms with van der Waals surface area (Å²) in [6, 6.07) is 3.77. The maximum atomic E-state index is 10.9. The summed E-state index contributed by atoms with van der Waals surface area (Å²) in [6.07, 6.45) is 2.67. The minimum Gasteiger partial charge on any atom is -0.507 e. The van der Waals surface area contributed by atoms with Crippen LogP contribution in [0.15, 0.2) is 12.1 Å². The van der Waals surface area contributed by atoms with Crippen molar-refractivity contribution in [1.29, 1.82) is 0 Å². The van der Waals surface area contributed by atoms with Crippen molar-refractivity contribution in [2.75, 3.05) is 5.33 Å². The van der Waals surface area contributed by atoms with E-state index in [1.165, 1.54) is 0 Å². The van der Waals surface area contributed by atoms with E-state index in [9.17, 15) is 9.90 Å². The molecule has 0 aliphatic carbocycles. The van der Waals surface area contributed by atoms with Crippen LogP contribution in [0.4, 0.5) is 0 Å². The van der Waals surface area contributed by atoms with Gasteiger partial charge in [-0.3, -0.25) is 4.79 Å². The molecule has 1 N–H and O–H groups in total. The van der Waals surface area contributed by atoms with Crippen molar-refractivity contribution in [1.82, 2.24) is 0 Å². The van der Waals surface area contributed by atoms with E-state index in [0.29, 0.717) is 5.56 Å². The van der Waals surface area contributed by atoms with Crippen LogP contribution >= 0.6 is 15.9 Å². The summed E-state index contributed by atoms with van der Waals surface area (Å²) in [5.41, 5.74) is 2.37. The number of carbonyl (C=O) groups excluding carboxylic acids is 1. The summed E-state index contributed by atoms with van der Waals surface area (Å²) in [6.45, 7) is 4.02. The third kappa shape index (κ3) is 3.08. The van der Waals surface area contributed by atoms with Crippen molar-refractivity contribution in [3.05, 3.63) is 28.8 Å². The number of phenols is 1. The lowest BCUT2D eigenvalue weighted by molar-refractivity contribution is 0.112. The van der Waals surface area contributed by atoms with Gasteiger partial charge in [0, 0.05) is 5.33 Å². The van der Waals surface area contributed by atoms with Crippen molar-refractivity contribution < 1.29 is 9.90 Å². The van der Waals surface area contributed by atoms with Gasteiger partial charge in [0.15, 0.2) is 6.29 Å². The zero-order valence-corrected chi connectivity index (χ0v) is 11.3. The van der Waals surface area contributed by atoms with Gasteiger partial charge in [-0.05, 0) is 36.0 Å². The van der Waals surface area contributed by atoms with Gasteiger partial charge in [-0.2, -0.15) is 0 Å². The highest BCUT2D eigenvalue weighted by Crippen LogP contribution is 2.30. The number of aryl methyl sites for hydroxylation is 1. The number of alkyl halides is 1. The molecule has 0 fully saturated rings. The Labute approximate surface area is 105 Å². The fourth-order valence-electron chi connectivity index (χ4n) is 1.69. The van der Waals surface area contributed by atoms with E-state index in [0.717, 1.165) is 35.6 Å². The molecule has 1 aromatic rings. The van der Waals surface area contributed by atoms with Gasteiger partial charge in [0.05, 0.1) is 5.56 Å². The zero-order valence-electron chi connectivity index (χ0n) is 9.66. The van der Waals surface area contributed by atoms with Crippen molar-refractivity contribution in [2.24, 2.45) is 0 Å². The summed E-state index contributed by atoms with van der Waals surface area (Å²) < 4.78 is 0. The molecule has 0 bridgehead atoms. The molecular weight excluding hydrogens is 268 g/mol. The van der Waals surface area contributed by atoms with Crippen LogP contribution in [0.25, 0.3) is 0 Å². The Bertz CT molecular complexity index is 372. The van der Waals surface area contributed by atoms with Crippen LogP contribution in [0, 0.1) is 0 Å². The van der Waals surface area contributed by atoms with Crippen LogP contribution in [-0.2, 0) is 6.42 Å². The Morgan fingerprint density at radius 2 is 2.12 bits per heavy atom. The van der Waals surface area contributed by atoms with E-state index in [2.05, 4.69) is 15.9 Å². The predicted octanol–water partition coefficient (Wildman–Crippen LogP) is 3.66. The van der Waals surface area contributed by atoms with E-state index in [-0.39, 0.29) is 11.7 Å². The molecule has 0 saturated carbocycles. The van der Waals surface area contributed by atoms with Gasteiger partial charge in [0.2, 0.25) is 0 Å². The highest BCUT2D eigenvalue weighted by atomic mass is 79.9. The topological polar surface area (TPSA) is 37.3 Å². The lowest BCUT2D eigenvalue weighted by Gasteiger charge is -2.12. The largest absolute Gasteiger partial charge is 0.507 e. The second kappa shape index (κ2) is 6.04. The van der Waals surface area contributed by atoms with Crippen molar-refractivity contribution in [3.63, 3.8) is 0 Å². The number of hydrogen-bond acceptors (Lipinski definition) is 2. The van der Waals surface area contributed by atoms with Crippen LogP contribution in [-0.4, -0.2) is 16.7 Å². The highest BCUT2D eigenvalue weighted by Gasteiger charge is 2.12. The van der Waals surface area contributed by atoms with Crippen molar-refractivity contribution in [2.45, 2.75) is 32.6 Å². The molecule has 0 aliphatic heterocycles. The standard InChI is InChI=1S/C13H17BrO2/c1-9(2)12-7-10(4-3-5-14)6-11(8-15)13(12)16/h6-9,16H,3-5H2,1-2H3. The van der Waals surface area contributed by atoms with Gasteiger partial charge in [-0.1, -0.05) is 35.8 Å². The molecule has 0 radical (unpaired) electrons. The Hall–Kier alpha value is -0.830. The van der Waals surface area contributed by atoms with Gasteiger partial charge < -0.3 is 5.11 Å². The first kappa shape index (κ1) is 13.2. The molecule has 3 heteroatoms. The molecule has 0 amide bonds. The second-order valence-corrected chi connectivity index (χ2v) is 4.98. The molecule has 0 heterocycles. The van der Waals surface area contributed by atoms with E-state index in [1.54, 1.807) is 6.07 Å². The Morgan fingerprint density at radius 1 is 1.44 bits per heavy atom. The number of aldehydes is 1. The smallest absolute Gasteiger partial charge is 0.153 e. The Kier molecular flexibility index (Phi) is 5.00. The molecule has 0 saturated heterocycles. The Morgan fingerprint density at radius 3 is 2.62 bits per heavy atom. The summed E-state index contributed by atoms with van der Waals surface area (Å²) in [5, 5.41) is 10.8. The molecule has 1 aromatic carbocycles. The second-order valence-electron chi connectivity index (χ2n) is 4.19. The molecule has 0 unspecified atom stereocenters. The first-order chi connectivity index (χ1) is 7.60. The fourth-order valence-corrected chi connectivity index (χ4v) is 1.97. The van der Waals surface area contributed by atoms with Gasteiger partial charge in [-0.25, -0.2) is 0 Å². The number of carbonyl (C=O) groups is 1. The average Bonchev–Trinajstić information content (AvgIpc) is 2.27. The van der Waals surface area contributed by atoms with Gasteiger partial charge >= 0.3 is 0 Å². The molecule has 16 heavy (non-hydrogen) atoms. The normalized spacial score (nSPS) is 10.8. The predicted molar refractivity (Wildman–Crippen MR) is 69.7 cm³/mol. The zero-order chi connectivity index (χ0) is 12.1. The first-order valence-corrected chi connectivity index (χ1v) is 6.59. The number of phenolic OH excluding ortho intramolecular Hbond substituents is 1. The summed E-state index contributed by atoms with van der Waals surface area (Å²) in [4.78, 5) is 10.9. The molecule has 0 aromatic heterocycles. The SMILES string of the molecule is CC(C)c1cc(CCCBr)cc(C=O)c1O. The van der Waals surface area contributed by atoms with Gasteiger partial charge in [0.1, 0.15) is 5.75 Å². The summed E-state index contributed by atoms with van der Waals surface area (Å²) >= 11 is 3.39. The Balaban J connectivity index is 3.12. The molecule has 0 atom stereocenters. The fraction of sp³-hybridized carbons (Fsp3) is 0.462. The lowest BCUT2D eigenvalue weighted by atomic mass is 9.95. The quantitative estimate of drug-likeness (QED) is 0.662. The minimum absolute atomic E-state index is 0.132. The maximum Gasteiger partial charge on any atom is 0.153 e. The third-order valence-corrected chi connectivity index (χ3v) is 3.14. The number of hydrogen-bond donors (Lipinski definition) is 1. The number of halogens is 1.